The number of aliphatic hydroxyl groups excluding tert-OH is 1. The molecule has 1 aromatic carbocycles. The highest BCUT2D eigenvalue weighted by Crippen LogP contribution is 2.37. The first-order valence-corrected chi connectivity index (χ1v) is 11.6. The molecule has 3 nitrogen and oxygen atoms in total. The van der Waals surface area contributed by atoms with Gasteiger partial charge in [0, 0.05) is 12.5 Å². The molecule has 1 aromatic rings. The Bertz CT molecular complexity index is 548. The quantitative estimate of drug-likeness (QED) is 0.299. The van der Waals surface area contributed by atoms with Gasteiger partial charge in [-0.1, -0.05) is 74.6 Å². The van der Waals surface area contributed by atoms with E-state index < -0.39 is 5.97 Å². The summed E-state index contributed by atoms with van der Waals surface area (Å²) in [4.78, 5) is 10.5. The smallest absolute Gasteiger partial charge is 0.303 e. The van der Waals surface area contributed by atoms with E-state index in [4.69, 9.17) is 10.2 Å². The molecule has 0 radical (unpaired) electrons. The van der Waals surface area contributed by atoms with Crippen molar-refractivity contribution in [2.24, 2.45) is 11.8 Å². The second-order valence-electron chi connectivity index (χ2n) is 8.62. The van der Waals surface area contributed by atoms with Gasteiger partial charge in [0.1, 0.15) is 0 Å². The molecule has 0 saturated heterocycles. The number of hydrogen-bond donors (Lipinski definition) is 2. The molecule has 1 aliphatic rings. The number of allylic oxidation sites excluding steroid dienone is 2. The van der Waals surface area contributed by atoms with E-state index in [-0.39, 0.29) is 6.10 Å². The van der Waals surface area contributed by atoms with Crippen molar-refractivity contribution in [2.45, 2.75) is 97.0 Å². The van der Waals surface area contributed by atoms with Crippen LogP contribution in [0.1, 0.15) is 90.0 Å². The van der Waals surface area contributed by atoms with E-state index in [1.54, 1.807) is 13.8 Å². The summed E-state index contributed by atoms with van der Waals surface area (Å²) in [6.07, 6.45) is 18.3. The number of carbonyl (C=O) groups is 1. The molecule has 3 heteroatoms. The SMILES string of the molecule is CC(C)O.O=C(O)CCC/C=C\C[C@H]1CCC[C@@H]1CCCCCc1ccccc1. The third kappa shape index (κ3) is 14.1. The fourth-order valence-corrected chi connectivity index (χ4v) is 4.12. The Balaban J connectivity index is 0.000000960. The Hall–Kier alpha value is -1.61. The standard InChI is InChI=1S/C23H34O2.C3H8O/c24-23(25)19-10-2-1-8-15-21-17-11-18-22(21)16-9-4-7-14-20-12-5-3-6-13-20;1-3(2)4/h1,3,5-6,8,12-13,21-22H,2,4,7,9-11,14-19H2,(H,24,25);3-4H,1-2H3/b8-1-;/t21-,22-;/m0./s1. The highest BCUT2D eigenvalue weighted by Gasteiger charge is 2.25. The number of aryl methyl sites for hydroxylation is 1. The highest BCUT2D eigenvalue weighted by atomic mass is 16.4. The summed E-state index contributed by atoms with van der Waals surface area (Å²) in [6.45, 7) is 3.44. The molecule has 1 aliphatic carbocycles. The van der Waals surface area contributed by atoms with Crippen LogP contribution in [0, 0.1) is 11.8 Å². The summed E-state index contributed by atoms with van der Waals surface area (Å²) in [6, 6.07) is 10.8. The lowest BCUT2D eigenvalue weighted by Crippen LogP contribution is -2.07. The van der Waals surface area contributed by atoms with E-state index in [1.165, 1.54) is 63.4 Å². The van der Waals surface area contributed by atoms with Gasteiger partial charge in [-0.05, 0) is 69.8 Å². The molecule has 1 saturated carbocycles. The maximum atomic E-state index is 10.5. The maximum absolute atomic E-state index is 10.5. The summed E-state index contributed by atoms with van der Waals surface area (Å²) < 4.78 is 0. The number of unbranched alkanes of at least 4 members (excludes halogenated alkanes) is 3. The summed E-state index contributed by atoms with van der Waals surface area (Å²) >= 11 is 0. The van der Waals surface area contributed by atoms with Gasteiger partial charge in [0.25, 0.3) is 0 Å². The van der Waals surface area contributed by atoms with Gasteiger partial charge >= 0.3 is 5.97 Å². The molecule has 0 spiro atoms. The zero-order chi connectivity index (χ0) is 21.3. The third-order valence-electron chi connectivity index (χ3n) is 5.57. The normalized spacial score (nSPS) is 18.8. The monoisotopic (exact) mass is 402 g/mol. The lowest BCUT2D eigenvalue weighted by molar-refractivity contribution is -0.137. The molecule has 0 unspecified atom stereocenters. The largest absolute Gasteiger partial charge is 0.481 e. The lowest BCUT2D eigenvalue weighted by Gasteiger charge is -2.18. The van der Waals surface area contributed by atoms with E-state index in [0.717, 1.165) is 24.7 Å². The number of aliphatic carboxylic acids is 1. The van der Waals surface area contributed by atoms with Gasteiger partial charge in [0.15, 0.2) is 0 Å². The van der Waals surface area contributed by atoms with Crippen molar-refractivity contribution in [1.82, 2.24) is 0 Å². The summed E-state index contributed by atoms with van der Waals surface area (Å²) in [5, 5.41) is 16.7. The topological polar surface area (TPSA) is 57.5 Å². The Morgan fingerprint density at radius 3 is 2.41 bits per heavy atom. The van der Waals surface area contributed by atoms with E-state index in [9.17, 15) is 4.79 Å². The molecule has 0 bridgehead atoms. The van der Waals surface area contributed by atoms with Gasteiger partial charge in [-0.2, -0.15) is 0 Å². The van der Waals surface area contributed by atoms with E-state index in [0.29, 0.717) is 6.42 Å². The van der Waals surface area contributed by atoms with Gasteiger partial charge in [0.2, 0.25) is 0 Å². The van der Waals surface area contributed by atoms with Crippen LogP contribution in [0.3, 0.4) is 0 Å². The molecule has 2 rings (SSSR count). The van der Waals surface area contributed by atoms with Gasteiger partial charge in [-0.15, -0.1) is 0 Å². The Morgan fingerprint density at radius 1 is 1.03 bits per heavy atom. The summed E-state index contributed by atoms with van der Waals surface area (Å²) in [5.41, 5.74) is 1.47. The highest BCUT2D eigenvalue weighted by molar-refractivity contribution is 5.66. The molecular weight excluding hydrogens is 360 g/mol. The molecule has 0 heterocycles. The van der Waals surface area contributed by atoms with Crippen molar-refractivity contribution in [3.63, 3.8) is 0 Å². The van der Waals surface area contributed by atoms with Crippen LogP contribution in [0.5, 0.6) is 0 Å². The van der Waals surface area contributed by atoms with Gasteiger partial charge in [-0.25, -0.2) is 0 Å². The first-order valence-electron chi connectivity index (χ1n) is 11.6. The van der Waals surface area contributed by atoms with Crippen LogP contribution in [-0.4, -0.2) is 22.3 Å². The van der Waals surface area contributed by atoms with Crippen LogP contribution >= 0.6 is 0 Å². The molecule has 0 amide bonds. The maximum Gasteiger partial charge on any atom is 0.303 e. The van der Waals surface area contributed by atoms with Crippen LogP contribution < -0.4 is 0 Å². The van der Waals surface area contributed by atoms with Gasteiger partial charge < -0.3 is 10.2 Å². The van der Waals surface area contributed by atoms with Crippen LogP contribution in [-0.2, 0) is 11.2 Å². The number of rotatable bonds is 12. The van der Waals surface area contributed by atoms with Crippen LogP contribution in [0.2, 0.25) is 0 Å². The molecule has 1 fully saturated rings. The number of carboxylic acids is 1. The minimum atomic E-state index is -0.684. The first kappa shape index (κ1) is 25.4. The average Bonchev–Trinajstić information content (AvgIpc) is 3.12. The predicted octanol–water partition coefficient (Wildman–Crippen LogP) is 6.79. The Labute approximate surface area is 178 Å². The number of hydrogen-bond acceptors (Lipinski definition) is 2. The van der Waals surface area contributed by atoms with Crippen molar-refractivity contribution in [2.75, 3.05) is 0 Å². The van der Waals surface area contributed by atoms with E-state index >= 15 is 0 Å². The van der Waals surface area contributed by atoms with Crippen molar-refractivity contribution in [3.8, 4) is 0 Å². The fourth-order valence-electron chi connectivity index (χ4n) is 4.12. The Morgan fingerprint density at radius 2 is 1.72 bits per heavy atom. The number of carboxylic acid groups (broad SMARTS) is 1. The van der Waals surface area contributed by atoms with Gasteiger partial charge in [0.05, 0.1) is 0 Å². The van der Waals surface area contributed by atoms with Crippen molar-refractivity contribution < 1.29 is 15.0 Å². The summed E-state index contributed by atoms with van der Waals surface area (Å²) in [7, 11) is 0. The predicted molar refractivity (Wildman–Crippen MR) is 122 cm³/mol. The molecule has 164 valence electrons. The molecular formula is C26H42O3. The molecule has 2 N–H and O–H groups in total. The van der Waals surface area contributed by atoms with Crippen LogP contribution in [0.4, 0.5) is 0 Å². The number of aliphatic hydroxyl groups is 1. The van der Waals surface area contributed by atoms with Gasteiger partial charge in [-0.3, -0.25) is 4.79 Å². The van der Waals surface area contributed by atoms with Crippen molar-refractivity contribution in [1.29, 1.82) is 0 Å². The Kier molecular flexibility index (Phi) is 14.2. The molecule has 2 atom stereocenters. The minimum Gasteiger partial charge on any atom is -0.481 e. The third-order valence-corrected chi connectivity index (χ3v) is 5.57. The summed E-state index contributed by atoms with van der Waals surface area (Å²) in [5.74, 6) is 1.10. The first-order chi connectivity index (χ1) is 14.0. The molecule has 0 aliphatic heterocycles. The minimum absolute atomic E-state index is 0.167. The second kappa shape index (κ2) is 16.2. The molecule has 0 aromatic heterocycles. The fraction of sp³-hybridized carbons (Fsp3) is 0.654. The van der Waals surface area contributed by atoms with Crippen LogP contribution in [0.15, 0.2) is 42.5 Å². The zero-order valence-corrected chi connectivity index (χ0v) is 18.6. The zero-order valence-electron chi connectivity index (χ0n) is 18.6. The molecule has 29 heavy (non-hydrogen) atoms. The van der Waals surface area contributed by atoms with Crippen molar-refractivity contribution in [3.05, 3.63) is 48.0 Å². The van der Waals surface area contributed by atoms with E-state index in [2.05, 4.69) is 42.5 Å². The van der Waals surface area contributed by atoms with E-state index in [1.807, 2.05) is 0 Å². The number of benzene rings is 1. The average molecular weight is 403 g/mol. The second-order valence-corrected chi connectivity index (χ2v) is 8.62. The van der Waals surface area contributed by atoms with Crippen LogP contribution in [0.25, 0.3) is 0 Å². The van der Waals surface area contributed by atoms with Crippen molar-refractivity contribution >= 4 is 5.97 Å². The lowest BCUT2D eigenvalue weighted by atomic mass is 9.88.